The van der Waals surface area contributed by atoms with Crippen molar-refractivity contribution in [1.29, 1.82) is 0 Å². The molecule has 0 bridgehead atoms. The van der Waals surface area contributed by atoms with E-state index in [9.17, 15) is 13.2 Å². The standard InChI is InChI=1S/C16H17N5O7S/c1-25-10-7-5-6-9(14(22)27-3)12(10)29(23,24)20-15-18-13-11(26-2)8-17-16(28-4)21(13)19-15/h5-8H,1-4H3,(H,19,20). The zero-order valence-corrected chi connectivity index (χ0v) is 16.7. The molecule has 0 aliphatic rings. The van der Waals surface area contributed by atoms with Crippen molar-refractivity contribution in [1.82, 2.24) is 19.6 Å². The van der Waals surface area contributed by atoms with Gasteiger partial charge in [-0.15, -0.1) is 5.10 Å². The molecule has 0 aliphatic carbocycles. The molecule has 0 saturated carbocycles. The summed E-state index contributed by atoms with van der Waals surface area (Å²) < 4.78 is 49.5. The number of anilines is 1. The lowest BCUT2D eigenvalue weighted by atomic mass is 10.2. The van der Waals surface area contributed by atoms with Gasteiger partial charge in [0.15, 0.2) is 5.75 Å². The lowest BCUT2D eigenvalue weighted by molar-refractivity contribution is 0.0595. The molecule has 0 spiro atoms. The van der Waals surface area contributed by atoms with Crippen molar-refractivity contribution in [2.45, 2.75) is 4.90 Å². The van der Waals surface area contributed by atoms with Gasteiger partial charge in [-0.25, -0.2) is 17.9 Å². The molecule has 1 aromatic carbocycles. The number of esters is 1. The van der Waals surface area contributed by atoms with E-state index in [1.165, 1.54) is 50.2 Å². The third-order valence-corrected chi connectivity index (χ3v) is 5.21. The zero-order valence-electron chi connectivity index (χ0n) is 15.9. The lowest BCUT2D eigenvalue weighted by Gasteiger charge is -2.13. The van der Waals surface area contributed by atoms with Crippen molar-refractivity contribution in [2.75, 3.05) is 33.2 Å². The van der Waals surface area contributed by atoms with Crippen LogP contribution in [0.1, 0.15) is 10.4 Å². The average Bonchev–Trinajstić information content (AvgIpc) is 3.14. The number of fused-ring (bicyclic) bond motifs is 1. The second-order valence-electron chi connectivity index (χ2n) is 5.42. The SMILES string of the molecule is COC(=O)c1cccc(OC)c1S(=O)(=O)Nc1nc2c(OC)cnc(OC)n2n1. The molecule has 0 aliphatic heterocycles. The van der Waals surface area contributed by atoms with Crippen LogP contribution < -0.4 is 18.9 Å². The third kappa shape index (κ3) is 3.59. The number of ether oxygens (including phenoxy) is 4. The molecule has 0 atom stereocenters. The Balaban J connectivity index is 2.13. The van der Waals surface area contributed by atoms with E-state index in [-0.39, 0.29) is 34.7 Å². The topological polar surface area (TPSA) is 143 Å². The fourth-order valence-corrected chi connectivity index (χ4v) is 3.84. The Morgan fingerprint density at radius 3 is 2.41 bits per heavy atom. The quantitative estimate of drug-likeness (QED) is 0.540. The number of rotatable bonds is 7. The number of hydrogen-bond acceptors (Lipinski definition) is 10. The summed E-state index contributed by atoms with van der Waals surface area (Å²) in [5, 5.41) is 4.04. The van der Waals surface area contributed by atoms with Crippen molar-refractivity contribution in [3.8, 4) is 17.5 Å². The molecule has 0 fully saturated rings. The van der Waals surface area contributed by atoms with Crippen molar-refractivity contribution < 1.29 is 32.2 Å². The highest BCUT2D eigenvalue weighted by Crippen LogP contribution is 2.30. The van der Waals surface area contributed by atoms with E-state index in [2.05, 4.69) is 24.5 Å². The van der Waals surface area contributed by atoms with Crippen LogP contribution in [0.15, 0.2) is 29.3 Å². The number of sulfonamides is 1. The molecule has 3 aromatic rings. The highest BCUT2D eigenvalue weighted by molar-refractivity contribution is 7.92. The first-order valence-electron chi connectivity index (χ1n) is 7.98. The van der Waals surface area contributed by atoms with Gasteiger partial charge < -0.3 is 18.9 Å². The maximum atomic E-state index is 13.0. The minimum absolute atomic E-state index is 0.0546. The normalized spacial score (nSPS) is 11.2. The van der Waals surface area contributed by atoms with Gasteiger partial charge >= 0.3 is 12.0 Å². The molecule has 2 heterocycles. The summed E-state index contributed by atoms with van der Waals surface area (Å²) >= 11 is 0. The fourth-order valence-electron chi connectivity index (χ4n) is 2.55. The summed E-state index contributed by atoms with van der Waals surface area (Å²) in [5.41, 5.74) is -0.0368. The summed E-state index contributed by atoms with van der Waals surface area (Å²) in [6.07, 6.45) is 1.36. The molecule has 12 nitrogen and oxygen atoms in total. The lowest BCUT2D eigenvalue weighted by Crippen LogP contribution is -2.19. The molecule has 0 amide bonds. The van der Waals surface area contributed by atoms with Crippen LogP contribution in [-0.2, 0) is 14.8 Å². The molecular formula is C16H17N5O7S. The number of carbonyl (C=O) groups is 1. The van der Waals surface area contributed by atoms with Crippen LogP contribution in [0.5, 0.6) is 17.5 Å². The van der Waals surface area contributed by atoms with Gasteiger partial charge in [-0.1, -0.05) is 6.07 Å². The second-order valence-corrected chi connectivity index (χ2v) is 7.04. The van der Waals surface area contributed by atoms with E-state index in [0.717, 1.165) is 7.11 Å². The number of nitrogens with one attached hydrogen (secondary N) is 1. The van der Waals surface area contributed by atoms with E-state index < -0.39 is 20.9 Å². The molecule has 1 N–H and O–H groups in total. The summed E-state index contributed by atoms with van der Waals surface area (Å²) in [7, 11) is 0.847. The average molecular weight is 423 g/mol. The predicted octanol–water partition coefficient (Wildman–Crippen LogP) is 0.737. The second kappa shape index (κ2) is 7.79. The number of aromatic nitrogens is 4. The molecule has 29 heavy (non-hydrogen) atoms. The largest absolute Gasteiger partial charge is 0.495 e. The monoisotopic (exact) mass is 423 g/mol. The molecule has 0 radical (unpaired) electrons. The van der Waals surface area contributed by atoms with Gasteiger partial charge in [0.1, 0.15) is 10.6 Å². The van der Waals surface area contributed by atoms with Crippen molar-refractivity contribution in [2.24, 2.45) is 0 Å². The summed E-state index contributed by atoms with van der Waals surface area (Å²) in [6.45, 7) is 0. The smallest absolute Gasteiger partial charge is 0.339 e. The number of benzene rings is 1. The maximum Gasteiger partial charge on any atom is 0.339 e. The van der Waals surface area contributed by atoms with Gasteiger partial charge in [0.2, 0.25) is 5.65 Å². The van der Waals surface area contributed by atoms with Crippen LogP contribution in [0.2, 0.25) is 0 Å². The Morgan fingerprint density at radius 2 is 1.79 bits per heavy atom. The van der Waals surface area contributed by atoms with E-state index in [4.69, 9.17) is 14.2 Å². The highest BCUT2D eigenvalue weighted by atomic mass is 32.2. The van der Waals surface area contributed by atoms with Crippen LogP contribution >= 0.6 is 0 Å². The molecule has 2 aromatic heterocycles. The van der Waals surface area contributed by atoms with E-state index in [1.54, 1.807) is 0 Å². The van der Waals surface area contributed by atoms with Gasteiger partial charge in [-0.3, -0.25) is 0 Å². The number of methoxy groups -OCH3 is 4. The Labute approximate surface area is 165 Å². The minimum atomic E-state index is -4.34. The fraction of sp³-hybridized carbons (Fsp3) is 0.250. The first-order valence-corrected chi connectivity index (χ1v) is 9.46. The Kier molecular flexibility index (Phi) is 5.41. The number of hydrogen-bond donors (Lipinski definition) is 1. The Hall–Kier alpha value is -3.61. The predicted molar refractivity (Wildman–Crippen MR) is 99.0 cm³/mol. The summed E-state index contributed by atoms with van der Waals surface area (Å²) in [4.78, 5) is 19.8. The third-order valence-electron chi connectivity index (χ3n) is 3.80. The van der Waals surface area contributed by atoms with Crippen LogP contribution in [0.3, 0.4) is 0 Å². The number of nitrogens with zero attached hydrogens (tertiary/aromatic N) is 4. The van der Waals surface area contributed by atoms with Crippen molar-refractivity contribution in [3.63, 3.8) is 0 Å². The van der Waals surface area contributed by atoms with Gasteiger partial charge in [0.25, 0.3) is 16.0 Å². The molecular weight excluding hydrogens is 406 g/mol. The zero-order chi connectivity index (χ0) is 21.2. The highest BCUT2D eigenvalue weighted by Gasteiger charge is 2.29. The van der Waals surface area contributed by atoms with Gasteiger partial charge in [0, 0.05) is 0 Å². The summed E-state index contributed by atoms with van der Waals surface area (Å²) in [5.74, 6) is -0.951. The van der Waals surface area contributed by atoms with Gasteiger partial charge in [0.05, 0.1) is 40.2 Å². The number of carbonyl (C=O) groups excluding carboxylic acids is 1. The first-order chi connectivity index (χ1) is 13.9. The van der Waals surface area contributed by atoms with Crippen molar-refractivity contribution >= 4 is 27.6 Å². The van der Waals surface area contributed by atoms with Gasteiger partial charge in [-0.05, 0) is 12.1 Å². The van der Waals surface area contributed by atoms with Crippen LogP contribution in [0.4, 0.5) is 5.95 Å². The Morgan fingerprint density at radius 1 is 1.07 bits per heavy atom. The molecule has 154 valence electrons. The first kappa shape index (κ1) is 20.1. The summed E-state index contributed by atoms with van der Waals surface area (Å²) in [6, 6.07) is 4.23. The van der Waals surface area contributed by atoms with Crippen molar-refractivity contribution in [3.05, 3.63) is 30.0 Å². The van der Waals surface area contributed by atoms with E-state index >= 15 is 0 Å². The van der Waals surface area contributed by atoms with E-state index in [1.807, 2.05) is 0 Å². The molecule has 0 saturated heterocycles. The van der Waals surface area contributed by atoms with Crippen LogP contribution in [0.25, 0.3) is 5.65 Å². The van der Waals surface area contributed by atoms with Crippen LogP contribution in [-0.4, -0.2) is 62.4 Å². The molecule has 3 rings (SSSR count). The van der Waals surface area contributed by atoms with Gasteiger partial charge in [-0.2, -0.15) is 14.5 Å². The maximum absolute atomic E-state index is 13.0. The minimum Gasteiger partial charge on any atom is -0.495 e. The Bertz CT molecular complexity index is 1130. The molecule has 13 heteroatoms. The van der Waals surface area contributed by atoms with E-state index in [0.29, 0.717) is 0 Å². The molecule has 0 unspecified atom stereocenters. The van der Waals surface area contributed by atoms with Crippen LogP contribution in [0, 0.1) is 0 Å².